The number of likely N-dealkylation sites (tertiary alicyclic amines) is 1. The number of anilines is 1. The maximum absolute atomic E-state index is 12.4. The van der Waals surface area contributed by atoms with Crippen LogP contribution in [0.3, 0.4) is 0 Å². The van der Waals surface area contributed by atoms with Crippen LogP contribution in [0.1, 0.15) is 23.2 Å². The molecule has 1 fully saturated rings. The lowest BCUT2D eigenvalue weighted by Gasteiger charge is -2.31. The van der Waals surface area contributed by atoms with Crippen molar-refractivity contribution in [1.82, 2.24) is 10.2 Å². The van der Waals surface area contributed by atoms with Gasteiger partial charge in [-0.15, -0.1) is 0 Å². The maximum atomic E-state index is 12.4. The van der Waals surface area contributed by atoms with Crippen molar-refractivity contribution in [3.63, 3.8) is 0 Å². The standard InChI is InChI=1S/C15H20ClN3O4/c1-23-13-7-12(17)11(16)6-10(13)15(22)18-9-2-4-19(5-3-9)8-14(20)21/h6-7,9H,2-5,8,17H2,1H3,(H,18,22)(H,20,21). The van der Waals surface area contributed by atoms with E-state index in [0.29, 0.717) is 48.0 Å². The molecule has 8 heteroatoms. The number of ether oxygens (including phenoxy) is 1. The first-order chi connectivity index (χ1) is 10.9. The van der Waals surface area contributed by atoms with Crippen molar-refractivity contribution in [2.75, 3.05) is 32.5 Å². The summed E-state index contributed by atoms with van der Waals surface area (Å²) in [6.45, 7) is 1.30. The fraction of sp³-hybridized carbons (Fsp3) is 0.467. The Hall–Kier alpha value is -1.99. The second kappa shape index (κ2) is 7.52. The first-order valence-corrected chi connectivity index (χ1v) is 7.66. The van der Waals surface area contributed by atoms with Crippen molar-refractivity contribution >= 4 is 29.2 Å². The van der Waals surface area contributed by atoms with Gasteiger partial charge in [0, 0.05) is 25.2 Å². The summed E-state index contributed by atoms with van der Waals surface area (Å²) in [5.74, 6) is -0.748. The smallest absolute Gasteiger partial charge is 0.317 e. The minimum absolute atomic E-state index is 0.00594. The number of carbonyl (C=O) groups is 2. The summed E-state index contributed by atoms with van der Waals surface area (Å²) in [5, 5.41) is 12.0. The van der Waals surface area contributed by atoms with E-state index >= 15 is 0 Å². The van der Waals surface area contributed by atoms with Crippen LogP contribution in [0.15, 0.2) is 12.1 Å². The highest BCUT2D eigenvalue weighted by atomic mass is 35.5. The van der Waals surface area contributed by atoms with E-state index in [1.807, 2.05) is 4.90 Å². The number of carbonyl (C=O) groups excluding carboxylic acids is 1. The zero-order valence-electron chi connectivity index (χ0n) is 12.8. The van der Waals surface area contributed by atoms with E-state index in [-0.39, 0.29) is 18.5 Å². The van der Waals surface area contributed by atoms with Gasteiger partial charge < -0.3 is 20.9 Å². The molecule has 4 N–H and O–H groups in total. The van der Waals surface area contributed by atoms with Gasteiger partial charge in [0.25, 0.3) is 5.91 Å². The van der Waals surface area contributed by atoms with E-state index in [2.05, 4.69) is 5.32 Å². The maximum Gasteiger partial charge on any atom is 0.317 e. The largest absolute Gasteiger partial charge is 0.496 e. The van der Waals surface area contributed by atoms with Crippen LogP contribution in [-0.4, -0.2) is 54.7 Å². The number of methoxy groups -OCH3 is 1. The molecule has 1 saturated heterocycles. The molecule has 2 rings (SSSR count). The van der Waals surface area contributed by atoms with E-state index in [0.717, 1.165) is 0 Å². The van der Waals surface area contributed by atoms with Gasteiger partial charge in [-0.1, -0.05) is 11.6 Å². The Kier molecular flexibility index (Phi) is 5.68. The summed E-state index contributed by atoms with van der Waals surface area (Å²) in [6.07, 6.45) is 1.40. The third-order valence-electron chi connectivity index (χ3n) is 3.85. The molecule has 0 aromatic heterocycles. The fourth-order valence-electron chi connectivity index (χ4n) is 2.61. The highest BCUT2D eigenvalue weighted by molar-refractivity contribution is 6.33. The first-order valence-electron chi connectivity index (χ1n) is 7.28. The number of carboxylic acid groups (broad SMARTS) is 1. The van der Waals surface area contributed by atoms with Gasteiger partial charge in [0.05, 0.1) is 29.9 Å². The molecule has 1 aliphatic heterocycles. The summed E-state index contributed by atoms with van der Waals surface area (Å²) in [4.78, 5) is 25.0. The van der Waals surface area contributed by atoms with Gasteiger partial charge >= 0.3 is 5.97 Å². The molecule has 0 bridgehead atoms. The van der Waals surface area contributed by atoms with Crippen molar-refractivity contribution in [2.45, 2.75) is 18.9 Å². The van der Waals surface area contributed by atoms with E-state index in [1.165, 1.54) is 19.2 Å². The van der Waals surface area contributed by atoms with Crippen molar-refractivity contribution in [1.29, 1.82) is 0 Å². The van der Waals surface area contributed by atoms with Crippen LogP contribution in [0.4, 0.5) is 5.69 Å². The number of hydrogen-bond donors (Lipinski definition) is 3. The van der Waals surface area contributed by atoms with Crippen molar-refractivity contribution in [3.8, 4) is 5.75 Å². The summed E-state index contributed by atoms with van der Waals surface area (Å²) < 4.78 is 5.18. The molecule has 0 atom stereocenters. The van der Waals surface area contributed by atoms with Crippen molar-refractivity contribution < 1.29 is 19.4 Å². The SMILES string of the molecule is COc1cc(N)c(Cl)cc1C(=O)NC1CCN(CC(=O)O)CC1. The zero-order chi connectivity index (χ0) is 17.0. The Balaban J connectivity index is 1.98. The Labute approximate surface area is 139 Å². The Morgan fingerprint density at radius 3 is 2.65 bits per heavy atom. The van der Waals surface area contributed by atoms with Crippen LogP contribution in [0.25, 0.3) is 0 Å². The third-order valence-corrected chi connectivity index (χ3v) is 4.17. The Morgan fingerprint density at radius 1 is 1.43 bits per heavy atom. The van der Waals surface area contributed by atoms with Gasteiger partial charge in [0.2, 0.25) is 0 Å². The average Bonchev–Trinajstić information content (AvgIpc) is 2.50. The predicted octanol–water partition coefficient (Wildman–Crippen LogP) is 1.21. The van der Waals surface area contributed by atoms with Crippen molar-refractivity contribution in [2.24, 2.45) is 0 Å². The molecule has 23 heavy (non-hydrogen) atoms. The number of hydrogen-bond acceptors (Lipinski definition) is 5. The number of piperidine rings is 1. The summed E-state index contributed by atoms with van der Waals surface area (Å²) in [6, 6.07) is 3.01. The number of amides is 1. The van der Waals surface area contributed by atoms with Gasteiger partial charge in [-0.3, -0.25) is 14.5 Å². The minimum Gasteiger partial charge on any atom is -0.496 e. The molecular weight excluding hydrogens is 322 g/mol. The summed E-state index contributed by atoms with van der Waals surface area (Å²) in [5.41, 5.74) is 6.39. The second-order valence-electron chi connectivity index (χ2n) is 5.49. The fourth-order valence-corrected chi connectivity index (χ4v) is 2.77. The third kappa shape index (κ3) is 4.49. The molecule has 0 saturated carbocycles. The van der Waals surface area contributed by atoms with E-state index in [1.54, 1.807) is 0 Å². The number of nitrogens with one attached hydrogen (secondary N) is 1. The molecule has 1 aliphatic rings. The lowest BCUT2D eigenvalue weighted by Crippen LogP contribution is -2.46. The van der Waals surface area contributed by atoms with Gasteiger partial charge in [-0.2, -0.15) is 0 Å². The van der Waals surface area contributed by atoms with Crippen LogP contribution in [0.2, 0.25) is 5.02 Å². The molecule has 0 radical (unpaired) electrons. The van der Waals surface area contributed by atoms with Crippen molar-refractivity contribution in [3.05, 3.63) is 22.7 Å². The summed E-state index contributed by atoms with van der Waals surface area (Å²) >= 11 is 5.97. The molecule has 1 aromatic rings. The lowest BCUT2D eigenvalue weighted by atomic mass is 10.0. The van der Waals surface area contributed by atoms with Crippen LogP contribution in [-0.2, 0) is 4.79 Å². The van der Waals surface area contributed by atoms with E-state index in [9.17, 15) is 9.59 Å². The molecular formula is C15H20ClN3O4. The van der Waals surface area contributed by atoms with Crippen LogP contribution >= 0.6 is 11.6 Å². The molecule has 1 heterocycles. The first kappa shape index (κ1) is 17.4. The normalized spacial score (nSPS) is 16.1. The molecule has 1 aromatic carbocycles. The number of benzene rings is 1. The molecule has 126 valence electrons. The summed E-state index contributed by atoms with van der Waals surface area (Å²) in [7, 11) is 1.46. The Bertz CT molecular complexity index is 601. The van der Waals surface area contributed by atoms with Gasteiger partial charge in [-0.05, 0) is 18.9 Å². The number of rotatable bonds is 5. The van der Waals surface area contributed by atoms with E-state index < -0.39 is 5.97 Å². The number of nitrogen functional groups attached to an aromatic ring is 1. The molecule has 0 unspecified atom stereocenters. The molecule has 1 amide bonds. The average molecular weight is 342 g/mol. The van der Waals surface area contributed by atoms with Crippen LogP contribution in [0.5, 0.6) is 5.75 Å². The highest BCUT2D eigenvalue weighted by Gasteiger charge is 2.23. The van der Waals surface area contributed by atoms with E-state index in [4.69, 9.17) is 27.2 Å². The molecule has 0 aliphatic carbocycles. The number of halogens is 1. The number of aliphatic carboxylic acids is 1. The molecule has 7 nitrogen and oxygen atoms in total. The highest BCUT2D eigenvalue weighted by Crippen LogP contribution is 2.29. The topological polar surface area (TPSA) is 105 Å². The van der Waals surface area contributed by atoms with Crippen LogP contribution < -0.4 is 15.8 Å². The minimum atomic E-state index is -0.839. The number of carboxylic acids is 1. The number of nitrogens with two attached hydrogens (primary N) is 1. The zero-order valence-corrected chi connectivity index (χ0v) is 13.6. The quantitative estimate of drug-likeness (QED) is 0.695. The Morgan fingerprint density at radius 2 is 2.09 bits per heavy atom. The monoisotopic (exact) mass is 341 g/mol. The molecule has 0 spiro atoms. The van der Waals surface area contributed by atoms with Crippen LogP contribution in [0, 0.1) is 0 Å². The van der Waals surface area contributed by atoms with Gasteiger partial charge in [0.1, 0.15) is 5.75 Å². The van der Waals surface area contributed by atoms with Gasteiger partial charge in [-0.25, -0.2) is 0 Å². The predicted molar refractivity (Wildman–Crippen MR) is 87.0 cm³/mol. The number of nitrogens with zero attached hydrogens (tertiary/aromatic N) is 1. The lowest BCUT2D eigenvalue weighted by molar-refractivity contribution is -0.138. The second-order valence-corrected chi connectivity index (χ2v) is 5.90. The van der Waals surface area contributed by atoms with Gasteiger partial charge in [0.15, 0.2) is 0 Å².